The maximum atomic E-state index is 11.6. The first-order valence-electron chi connectivity index (χ1n) is 6.12. The van der Waals surface area contributed by atoms with Crippen molar-refractivity contribution in [1.82, 2.24) is 9.88 Å². The van der Waals surface area contributed by atoms with Crippen LogP contribution >= 0.6 is 0 Å². The minimum Gasteiger partial charge on any atom is -0.453 e. The van der Waals surface area contributed by atoms with Gasteiger partial charge in [-0.3, -0.25) is 0 Å². The number of nitrogens with one attached hydrogen (secondary N) is 1. The first kappa shape index (κ1) is 11.1. The number of fused-ring (bicyclic) bond motifs is 3. The van der Waals surface area contributed by atoms with Crippen molar-refractivity contribution in [2.45, 2.75) is 19.9 Å². The van der Waals surface area contributed by atoms with E-state index in [4.69, 9.17) is 4.74 Å². The molecule has 0 spiro atoms. The molecule has 0 saturated heterocycles. The van der Waals surface area contributed by atoms with Crippen molar-refractivity contribution in [3.8, 4) is 0 Å². The van der Waals surface area contributed by atoms with Gasteiger partial charge in [0.05, 0.1) is 13.7 Å². The molecular formula is C14H16N2O2. The number of nitrogens with zero attached hydrogens (tertiary/aromatic N) is 1. The Labute approximate surface area is 106 Å². The van der Waals surface area contributed by atoms with E-state index in [-0.39, 0.29) is 6.09 Å². The summed E-state index contributed by atoms with van der Waals surface area (Å²) in [6.45, 7) is 3.43. The highest BCUT2D eigenvalue weighted by atomic mass is 16.5. The van der Waals surface area contributed by atoms with E-state index in [9.17, 15) is 4.79 Å². The third kappa shape index (κ3) is 1.65. The van der Waals surface area contributed by atoms with Crippen LogP contribution in [-0.2, 0) is 17.7 Å². The summed E-state index contributed by atoms with van der Waals surface area (Å²) in [5.74, 6) is 0. The fourth-order valence-electron chi connectivity index (χ4n) is 2.61. The number of carbonyl (C=O) groups is 1. The molecule has 1 aliphatic heterocycles. The van der Waals surface area contributed by atoms with Crippen LogP contribution in [0.15, 0.2) is 18.2 Å². The molecule has 4 heteroatoms. The molecule has 94 valence electrons. The Morgan fingerprint density at radius 1 is 1.44 bits per heavy atom. The summed E-state index contributed by atoms with van der Waals surface area (Å²) >= 11 is 0. The van der Waals surface area contributed by atoms with Crippen molar-refractivity contribution in [3.63, 3.8) is 0 Å². The van der Waals surface area contributed by atoms with Crippen LogP contribution in [-0.4, -0.2) is 29.6 Å². The number of aryl methyl sites for hydroxylation is 1. The molecule has 0 fully saturated rings. The van der Waals surface area contributed by atoms with Crippen LogP contribution < -0.4 is 0 Å². The summed E-state index contributed by atoms with van der Waals surface area (Å²) < 4.78 is 4.79. The molecule has 4 nitrogen and oxygen atoms in total. The molecule has 1 amide bonds. The molecule has 1 aromatic carbocycles. The number of methoxy groups -OCH3 is 1. The van der Waals surface area contributed by atoms with Gasteiger partial charge in [0.25, 0.3) is 0 Å². The summed E-state index contributed by atoms with van der Waals surface area (Å²) in [5, 5.41) is 1.22. The van der Waals surface area contributed by atoms with Gasteiger partial charge in [-0.2, -0.15) is 0 Å². The van der Waals surface area contributed by atoms with E-state index < -0.39 is 0 Å². The quantitative estimate of drug-likeness (QED) is 0.774. The number of rotatable bonds is 0. The molecule has 0 unspecified atom stereocenters. The molecule has 18 heavy (non-hydrogen) atoms. The van der Waals surface area contributed by atoms with Crippen LogP contribution in [0.1, 0.15) is 16.8 Å². The average molecular weight is 244 g/mol. The highest BCUT2D eigenvalue weighted by molar-refractivity contribution is 5.86. The number of aromatic nitrogens is 1. The van der Waals surface area contributed by atoms with Gasteiger partial charge in [0, 0.05) is 35.1 Å². The molecule has 1 aliphatic rings. The van der Waals surface area contributed by atoms with Crippen LogP contribution in [0.2, 0.25) is 0 Å². The standard InChI is InChI=1S/C14H16N2O2/c1-9-3-4-12-10(7-9)11-8-16(14(17)18-2)6-5-13(11)15-12/h3-4,7,15H,5-6,8H2,1-2H3. The number of hydrogen-bond donors (Lipinski definition) is 1. The molecular weight excluding hydrogens is 228 g/mol. The molecule has 0 radical (unpaired) electrons. The Morgan fingerprint density at radius 3 is 3.06 bits per heavy atom. The number of carbonyl (C=O) groups excluding carboxylic acids is 1. The van der Waals surface area contributed by atoms with Gasteiger partial charge in [0.2, 0.25) is 0 Å². The Kier molecular flexibility index (Phi) is 2.51. The van der Waals surface area contributed by atoms with Crippen molar-refractivity contribution >= 4 is 17.0 Å². The smallest absolute Gasteiger partial charge is 0.409 e. The lowest BCUT2D eigenvalue weighted by Gasteiger charge is -2.25. The van der Waals surface area contributed by atoms with Gasteiger partial charge in [0.1, 0.15) is 0 Å². The topological polar surface area (TPSA) is 45.3 Å². The van der Waals surface area contributed by atoms with Gasteiger partial charge in [-0.05, 0) is 19.1 Å². The predicted octanol–water partition coefficient (Wildman–Crippen LogP) is 2.60. The maximum Gasteiger partial charge on any atom is 0.409 e. The first-order valence-corrected chi connectivity index (χ1v) is 6.12. The number of hydrogen-bond acceptors (Lipinski definition) is 2. The van der Waals surface area contributed by atoms with Gasteiger partial charge in [-0.1, -0.05) is 11.6 Å². The number of amides is 1. The van der Waals surface area contributed by atoms with Gasteiger partial charge in [-0.25, -0.2) is 4.79 Å². The minimum absolute atomic E-state index is 0.248. The molecule has 2 heterocycles. The third-order valence-corrected chi connectivity index (χ3v) is 3.56. The predicted molar refractivity (Wildman–Crippen MR) is 69.6 cm³/mol. The summed E-state index contributed by atoms with van der Waals surface area (Å²) in [6, 6.07) is 6.37. The molecule has 3 rings (SSSR count). The van der Waals surface area contributed by atoms with E-state index in [1.807, 2.05) is 0 Å². The van der Waals surface area contributed by atoms with Crippen molar-refractivity contribution < 1.29 is 9.53 Å². The minimum atomic E-state index is -0.248. The van der Waals surface area contributed by atoms with Crippen LogP contribution in [0.4, 0.5) is 4.79 Å². The van der Waals surface area contributed by atoms with Gasteiger partial charge in [-0.15, -0.1) is 0 Å². The van der Waals surface area contributed by atoms with Crippen LogP contribution in [0, 0.1) is 6.92 Å². The molecule has 1 N–H and O–H groups in total. The van der Waals surface area contributed by atoms with Crippen molar-refractivity contribution in [2.75, 3.05) is 13.7 Å². The van der Waals surface area contributed by atoms with Gasteiger partial charge >= 0.3 is 6.09 Å². The zero-order chi connectivity index (χ0) is 12.7. The Bertz CT molecular complexity index is 616. The lowest BCUT2D eigenvalue weighted by atomic mass is 10.0. The second kappa shape index (κ2) is 4.05. The number of ether oxygens (including phenoxy) is 1. The van der Waals surface area contributed by atoms with Gasteiger partial charge in [0.15, 0.2) is 0 Å². The monoisotopic (exact) mass is 244 g/mol. The van der Waals surface area contributed by atoms with Crippen molar-refractivity contribution in [3.05, 3.63) is 35.0 Å². The summed E-state index contributed by atoms with van der Waals surface area (Å²) in [6.07, 6.45) is 0.612. The zero-order valence-corrected chi connectivity index (χ0v) is 10.6. The normalized spacial score (nSPS) is 14.7. The van der Waals surface area contributed by atoms with E-state index in [0.717, 1.165) is 11.9 Å². The Balaban J connectivity index is 2.05. The average Bonchev–Trinajstić information content (AvgIpc) is 2.75. The molecule has 1 aromatic heterocycles. The molecule has 0 saturated carbocycles. The zero-order valence-electron chi connectivity index (χ0n) is 10.6. The second-order valence-electron chi connectivity index (χ2n) is 4.77. The largest absolute Gasteiger partial charge is 0.453 e. The highest BCUT2D eigenvalue weighted by Gasteiger charge is 2.24. The van der Waals surface area contributed by atoms with E-state index >= 15 is 0 Å². The third-order valence-electron chi connectivity index (χ3n) is 3.56. The number of H-pyrrole nitrogens is 1. The van der Waals surface area contributed by atoms with Crippen molar-refractivity contribution in [2.24, 2.45) is 0 Å². The molecule has 2 aromatic rings. The fourth-order valence-corrected chi connectivity index (χ4v) is 2.61. The van der Waals surface area contributed by atoms with Crippen LogP contribution in [0.3, 0.4) is 0 Å². The lowest BCUT2D eigenvalue weighted by molar-refractivity contribution is 0.119. The fraction of sp³-hybridized carbons (Fsp3) is 0.357. The second-order valence-corrected chi connectivity index (χ2v) is 4.77. The number of benzene rings is 1. The lowest BCUT2D eigenvalue weighted by Crippen LogP contribution is -2.35. The summed E-state index contributed by atoms with van der Waals surface area (Å²) in [7, 11) is 1.43. The van der Waals surface area contributed by atoms with E-state index in [0.29, 0.717) is 13.1 Å². The highest BCUT2D eigenvalue weighted by Crippen LogP contribution is 2.28. The first-order chi connectivity index (χ1) is 8.69. The Morgan fingerprint density at radius 2 is 2.28 bits per heavy atom. The molecule has 0 bridgehead atoms. The number of aromatic amines is 1. The maximum absolute atomic E-state index is 11.6. The van der Waals surface area contributed by atoms with Crippen LogP contribution in [0.25, 0.3) is 10.9 Å². The SMILES string of the molecule is COC(=O)N1CCc2[nH]c3ccc(C)cc3c2C1. The van der Waals surface area contributed by atoms with E-state index in [1.165, 1.54) is 29.3 Å². The van der Waals surface area contributed by atoms with Gasteiger partial charge < -0.3 is 14.6 Å². The molecule has 0 atom stereocenters. The van der Waals surface area contributed by atoms with E-state index in [1.54, 1.807) is 4.90 Å². The van der Waals surface area contributed by atoms with Crippen LogP contribution in [0.5, 0.6) is 0 Å². The summed E-state index contributed by atoms with van der Waals surface area (Å²) in [5.41, 5.74) is 4.86. The van der Waals surface area contributed by atoms with Crippen molar-refractivity contribution in [1.29, 1.82) is 0 Å². The Hall–Kier alpha value is -1.97. The van der Waals surface area contributed by atoms with E-state index in [2.05, 4.69) is 30.1 Å². The summed E-state index contributed by atoms with van der Waals surface area (Å²) in [4.78, 5) is 16.8. The molecule has 0 aliphatic carbocycles.